The summed E-state index contributed by atoms with van der Waals surface area (Å²) in [5.41, 5.74) is 3.28. The number of rotatable bonds is 7. The van der Waals surface area contributed by atoms with E-state index in [1.807, 2.05) is 0 Å². The lowest BCUT2D eigenvalue weighted by atomic mass is 9.66. The van der Waals surface area contributed by atoms with Crippen molar-refractivity contribution < 1.29 is 19.5 Å². The van der Waals surface area contributed by atoms with Crippen molar-refractivity contribution in [2.24, 2.45) is 17.8 Å². The van der Waals surface area contributed by atoms with Gasteiger partial charge in [-0.15, -0.1) is 11.3 Å². The quantitative estimate of drug-likeness (QED) is 0.483. The molecule has 0 saturated heterocycles. The lowest BCUT2D eigenvalue weighted by molar-refractivity contribution is -0.134. The number of thiophene rings is 1. The summed E-state index contributed by atoms with van der Waals surface area (Å²) in [5, 5.41) is 29.6. The summed E-state index contributed by atoms with van der Waals surface area (Å²) in [7, 11) is 0. The Balaban J connectivity index is 1.38. The molecule has 2 unspecified atom stereocenters. The Bertz CT molecular complexity index is 1110. The summed E-state index contributed by atoms with van der Waals surface area (Å²) in [6, 6.07) is 0. The van der Waals surface area contributed by atoms with Gasteiger partial charge in [-0.05, 0) is 86.7 Å². The Morgan fingerprint density at radius 3 is 2.58 bits per heavy atom. The molecule has 2 fully saturated rings. The third-order valence-corrected chi connectivity index (χ3v) is 9.41. The number of hydrogen-bond acceptors (Lipinski definition) is 7. The zero-order chi connectivity index (χ0) is 22.7. The van der Waals surface area contributed by atoms with Crippen LogP contribution in [0.5, 0.6) is 0 Å². The molecular formula is C25H31N3O4S. The van der Waals surface area contributed by atoms with Crippen LogP contribution in [0.15, 0.2) is 15.7 Å². The predicted octanol–water partition coefficient (Wildman–Crippen LogP) is 5.12. The van der Waals surface area contributed by atoms with E-state index in [0.717, 1.165) is 80.6 Å². The fourth-order valence-electron chi connectivity index (χ4n) is 6.19. The smallest absolute Gasteiger partial charge is 0.331 e. The second kappa shape index (κ2) is 8.24. The van der Waals surface area contributed by atoms with Gasteiger partial charge in [0.15, 0.2) is 5.82 Å². The number of aliphatic hydroxyl groups excluding tert-OH is 1. The largest absolute Gasteiger partial charge is 0.478 e. The number of aromatic nitrogens is 2. The molecule has 2 atom stereocenters. The van der Waals surface area contributed by atoms with Gasteiger partial charge in [0.25, 0.3) is 5.89 Å². The van der Waals surface area contributed by atoms with Gasteiger partial charge in [0.05, 0.1) is 5.56 Å². The number of nitrogens with one attached hydrogen (secondary N) is 1. The van der Waals surface area contributed by atoms with Crippen LogP contribution in [0.3, 0.4) is 0 Å². The fraction of sp³-hybridized carbons (Fsp3) is 0.640. The third kappa shape index (κ3) is 3.71. The van der Waals surface area contributed by atoms with Gasteiger partial charge in [0, 0.05) is 16.4 Å². The lowest BCUT2D eigenvalue weighted by Crippen LogP contribution is -2.37. The molecule has 2 bridgehead atoms. The predicted molar refractivity (Wildman–Crippen MR) is 125 cm³/mol. The van der Waals surface area contributed by atoms with Crippen molar-refractivity contribution in [3.8, 4) is 11.5 Å². The van der Waals surface area contributed by atoms with Crippen LogP contribution in [-0.4, -0.2) is 32.6 Å². The minimum atomic E-state index is -1.02. The number of aliphatic carboxylic acids is 1. The average molecular weight is 470 g/mol. The van der Waals surface area contributed by atoms with Gasteiger partial charge in [-0.1, -0.05) is 18.5 Å². The second-order valence-corrected chi connectivity index (χ2v) is 11.3. The maximum Gasteiger partial charge on any atom is 0.331 e. The summed E-state index contributed by atoms with van der Waals surface area (Å²) in [6.07, 6.45) is 9.21. The molecule has 2 aromatic heterocycles. The second-order valence-electron chi connectivity index (χ2n) is 10.2. The number of carbonyl (C=O) groups is 1. The van der Waals surface area contributed by atoms with Crippen LogP contribution >= 0.6 is 11.3 Å². The van der Waals surface area contributed by atoms with E-state index in [-0.39, 0.29) is 11.8 Å². The van der Waals surface area contributed by atoms with Crippen LogP contribution in [0, 0.1) is 17.8 Å². The highest BCUT2D eigenvalue weighted by molar-refractivity contribution is 7.17. The molecule has 0 aromatic carbocycles. The summed E-state index contributed by atoms with van der Waals surface area (Å²) in [6.45, 7) is 2.24. The van der Waals surface area contributed by atoms with Gasteiger partial charge < -0.3 is 20.1 Å². The molecule has 0 spiro atoms. The molecule has 3 N–H and O–H groups in total. The van der Waals surface area contributed by atoms with E-state index in [1.54, 1.807) is 11.3 Å². The summed E-state index contributed by atoms with van der Waals surface area (Å²) in [5.74, 6) is 1.68. The Kier molecular flexibility index (Phi) is 5.33. The Morgan fingerprint density at radius 2 is 1.88 bits per heavy atom. The van der Waals surface area contributed by atoms with Crippen LogP contribution in [0.25, 0.3) is 11.5 Å². The standard InChI is InChI=1S/C25H31N3O4S/c1-2-12-3-10-16-17(11-12)33-24(20(16)23-26-21(28-32-23)15-8-9-15)27-22(29)18-13-4-6-14(7-5-13)19(18)25(30)31/h12-15,22,27,29H,2-11H2,1H3,(H,30,31). The molecule has 5 aliphatic rings. The minimum absolute atomic E-state index is 0.0531. The number of carboxylic acid groups (broad SMARTS) is 1. The maximum absolute atomic E-state index is 12.1. The Hall–Kier alpha value is -2.19. The third-order valence-electron chi connectivity index (χ3n) is 8.22. The molecule has 2 aromatic rings. The van der Waals surface area contributed by atoms with Crippen LogP contribution in [0.1, 0.15) is 80.5 Å². The number of fused-ring (bicyclic) bond motifs is 3. The van der Waals surface area contributed by atoms with Gasteiger partial charge in [-0.2, -0.15) is 4.98 Å². The highest BCUT2D eigenvalue weighted by atomic mass is 32.1. The van der Waals surface area contributed by atoms with E-state index in [9.17, 15) is 15.0 Å². The molecule has 0 aliphatic heterocycles. The van der Waals surface area contributed by atoms with Crippen molar-refractivity contribution in [2.45, 2.75) is 83.3 Å². The highest BCUT2D eigenvalue weighted by Gasteiger charge is 2.41. The molecule has 8 heteroatoms. The van der Waals surface area contributed by atoms with Crippen LogP contribution in [0.4, 0.5) is 5.00 Å². The van der Waals surface area contributed by atoms with E-state index >= 15 is 0 Å². The van der Waals surface area contributed by atoms with Crippen molar-refractivity contribution in [2.75, 3.05) is 5.32 Å². The van der Waals surface area contributed by atoms with Crippen molar-refractivity contribution in [1.29, 1.82) is 0 Å². The molecule has 33 heavy (non-hydrogen) atoms. The number of aliphatic hydroxyl groups is 1. The monoisotopic (exact) mass is 469 g/mol. The number of hydrogen-bond donors (Lipinski definition) is 3. The number of nitrogens with zero attached hydrogens (tertiary/aromatic N) is 2. The number of anilines is 1. The van der Waals surface area contributed by atoms with Gasteiger partial charge in [0.1, 0.15) is 11.2 Å². The van der Waals surface area contributed by atoms with Gasteiger partial charge in [-0.3, -0.25) is 0 Å². The van der Waals surface area contributed by atoms with Gasteiger partial charge in [-0.25, -0.2) is 4.79 Å². The zero-order valence-electron chi connectivity index (χ0n) is 19.0. The molecule has 0 amide bonds. The van der Waals surface area contributed by atoms with Crippen LogP contribution in [-0.2, 0) is 17.6 Å². The molecular weight excluding hydrogens is 438 g/mol. The normalized spacial score (nSPS) is 27.5. The highest BCUT2D eigenvalue weighted by Crippen LogP contribution is 2.49. The molecule has 7 rings (SSSR count). The van der Waals surface area contributed by atoms with E-state index in [1.165, 1.54) is 10.4 Å². The summed E-state index contributed by atoms with van der Waals surface area (Å²) < 4.78 is 5.72. The van der Waals surface area contributed by atoms with Crippen molar-refractivity contribution in [1.82, 2.24) is 10.1 Å². The maximum atomic E-state index is 12.1. The molecule has 7 nitrogen and oxygen atoms in total. The Labute approximate surface area is 197 Å². The molecule has 2 saturated carbocycles. The van der Waals surface area contributed by atoms with Gasteiger partial charge >= 0.3 is 5.97 Å². The topological polar surface area (TPSA) is 108 Å². The lowest BCUT2D eigenvalue weighted by Gasteiger charge is -2.40. The Morgan fingerprint density at radius 1 is 1.15 bits per heavy atom. The molecule has 176 valence electrons. The van der Waals surface area contributed by atoms with Gasteiger partial charge in [0.2, 0.25) is 0 Å². The molecule has 0 radical (unpaired) electrons. The summed E-state index contributed by atoms with van der Waals surface area (Å²) >= 11 is 1.66. The van der Waals surface area contributed by atoms with Crippen LogP contribution < -0.4 is 5.32 Å². The number of carboxylic acids is 1. The summed E-state index contributed by atoms with van der Waals surface area (Å²) in [4.78, 5) is 18.1. The first-order valence-electron chi connectivity index (χ1n) is 12.4. The fourth-order valence-corrected chi connectivity index (χ4v) is 7.57. The molecule has 5 aliphatic carbocycles. The van der Waals surface area contributed by atoms with E-state index in [2.05, 4.69) is 17.4 Å². The van der Waals surface area contributed by atoms with Crippen molar-refractivity contribution in [3.63, 3.8) is 0 Å². The first-order valence-corrected chi connectivity index (χ1v) is 13.3. The van der Waals surface area contributed by atoms with E-state index in [4.69, 9.17) is 9.51 Å². The zero-order valence-corrected chi connectivity index (χ0v) is 19.8. The molecule has 2 heterocycles. The van der Waals surface area contributed by atoms with Crippen molar-refractivity contribution in [3.05, 3.63) is 27.4 Å². The SMILES string of the molecule is CCC1CCc2c(sc(NC(O)C3=C(C(=O)O)C4CCC3CC4)c2-c2nc(C3CC3)no2)C1. The van der Waals surface area contributed by atoms with Crippen molar-refractivity contribution >= 4 is 22.3 Å². The minimum Gasteiger partial charge on any atom is -0.478 e. The average Bonchev–Trinajstić information content (AvgIpc) is 3.46. The van der Waals surface area contributed by atoms with E-state index in [0.29, 0.717) is 28.9 Å². The first kappa shape index (κ1) is 21.4. The van der Waals surface area contributed by atoms with Crippen LogP contribution in [0.2, 0.25) is 0 Å². The van der Waals surface area contributed by atoms with E-state index < -0.39 is 12.2 Å². The first-order chi connectivity index (χ1) is 16.0.